The summed E-state index contributed by atoms with van der Waals surface area (Å²) in [6.45, 7) is 0.0334. The lowest BCUT2D eigenvalue weighted by atomic mass is 10.0. The van der Waals surface area contributed by atoms with Crippen molar-refractivity contribution in [2.45, 2.75) is 12.8 Å². The first-order valence-corrected chi connectivity index (χ1v) is 9.95. The standard InChI is InChI=1S/C24H18F3NO6/c1-32-17-8-4-15(5-9-17)21-22(29)19-11-10-18(12-20(19)34-23(21)24(25,26)27)33-13-14-2-6-16(7-3-14)28(30)31/h2-12,28,30H,13H2,1H3. The van der Waals surface area contributed by atoms with Crippen molar-refractivity contribution in [2.75, 3.05) is 7.11 Å². The van der Waals surface area contributed by atoms with Crippen LogP contribution in [0.25, 0.3) is 22.1 Å². The molecule has 0 amide bonds. The van der Waals surface area contributed by atoms with Gasteiger partial charge in [0.05, 0.1) is 18.1 Å². The van der Waals surface area contributed by atoms with Crippen LogP contribution in [0.2, 0.25) is 0 Å². The maximum absolute atomic E-state index is 13.8. The predicted octanol–water partition coefficient (Wildman–Crippen LogP) is 4.47. The largest absolute Gasteiger partial charge is 0.595 e. The van der Waals surface area contributed by atoms with Crippen molar-refractivity contribution in [3.63, 3.8) is 0 Å². The lowest BCUT2D eigenvalue weighted by Gasteiger charge is -2.14. The number of benzene rings is 3. The SMILES string of the molecule is COc1ccc(-c2c(C(F)(F)F)oc3cc(OCc4ccc([NH+]([O-])O)cc4)ccc3c2=O)cc1. The number of nitrogens with one attached hydrogen (secondary N) is 1. The van der Waals surface area contributed by atoms with Gasteiger partial charge in [-0.3, -0.25) is 4.79 Å². The molecule has 1 unspecified atom stereocenters. The van der Waals surface area contributed by atoms with Crippen molar-refractivity contribution in [2.24, 2.45) is 0 Å². The highest BCUT2D eigenvalue weighted by molar-refractivity contribution is 5.84. The number of alkyl halides is 3. The second kappa shape index (κ2) is 9.18. The molecule has 176 valence electrons. The topological polar surface area (TPSA) is 96.4 Å². The summed E-state index contributed by atoms with van der Waals surface area (Å²) < 4.78 is 57.3. The molecule has 34 heavy (non-hydrogen) atoms. The van der Waals surface area contributed by atoms with Gasteiger partial charge in [0.25, 0.3) is 0 Å². The molecule has 3 aromatic carbocycles. The van der Waals surface area contributed by atoms with E-state index in [0.29, 0.717) is 11.3 Å². The van der Waals surface area contributed by atoms with Crippen molar-refractivity contribution >= 4 is 16.7 Å². The molecule has 4 aromatic rings. The Morgan fingerprint density at radius 3 is 2.24 bits per heavy atom. The third-order valence-electron chi connectivity index (χ3n) is 5.11. The number of rotatable bonds is 6. The van der Waals surface area contributed by atoms with Gasteiger partial charge in [-0.1, -0.05) is 12.1 Å². The molecule has 7 nitrogen and oxygen atoms in total. The van der Waals surface area contributed by atoms with E-state index in [9.17, 15) is 23.2 Å². The van der Waals surface area contributed by atoms with Crippen LogP contribution in [-0.2, 0) is 12.8 Å². The van der Waals surface area contributed by atoms with E-state index in [1.54, 1.807) is 12.1 Å². The number of fused-ring (bicyclic) bond motifs is 1. The molecule has 0 saturated heterocycles. The van der Waals surface area contributed by atoms with Gasteiger partial charge >= 0.3 is 6.18 Å². The van der Waals surface area contributed by atoms with E-state index in [-0.39, 0.29) is 34.6 Å². The Morgan fingerprint density at radius 1 is 1.00 bits per heavy atom. The molecule has 0 bridgehead atoms. The summed E-state index contributed by atoms with van der Waals surface area (Å²) in [5, 5.41) is 18.8. The Balaban J connectivity index is 1.70. The molecule has 0 saturated carbocycles. The van der Waals surface area contributed by atoms with E-state index < -0.39 is 28.2 Å². The van der Waals surface area contributed by atoms with Gasteiger partial charge in [0, 0.05) is 18.2 Å². The summed E-state index contributed by atoms with van der Waals surface area (Å²) in [5.74, 6) is -0.790. The zero-order chi connectivity index (χ0) is 24.5. The first-order valence-electron chi connectivity index (χ1n) is 9.95. The number of hydrogen-bond donors (Lipinski definition) is 2. The number of hydrogen-bond acceptors (Lipinski definition) is 6. The van der Waals surface area contributed by atoms with Crippen LogP contribution in [0.15, 0.2) is 75.9 Å². The molecular formula is C24H18F3NO6. The Bertz CT molecular complexity index is 1360. The van der Waals surface area contributed by atoms with Gasteiger partial charge in [-0.2, -0.15) is 18.4 Å². The molecule has 4 rings (SSSR count). The smallest absolute Gasteiger partial charge is 0.450 e. The van der Waals surface area contributed by atoms with E-state index in [1.807, 2.05) is 0 Å². The fourth-order valence-corrected chi connectivity index (χ4v) is 3.39. The van der Waals surface area contributed by atoms with Crippen molar-refractivity contribution in [1.82, 2.24) is 0 Å². The minimum atomic E-state index is -4.91. The highest BCUT2D eigenvalue weighted by Gasteiger charge is 2.39. The third kappa shape index (κ3) is 4.74. The zero-order valence-corrected chi connectivity index (χ0v) is 17.7. The van der Waals surface area contributed by atoms with E-state index >= 15 is 0 Å². The van der Waals surface area contributed by atoms with Crippen molar-refractivity contribution in [1.29, 1.82) is 0 Å². The molecule has 0 fully saturated rings. The molecule has 0 radical (unpaired) electrons. The molecule has 0 aliphatic rings. The Morgan fingerprint density at radius 2 is 1.65 bits per heavy atom. The first kappa shape index (κ1) is 23.3. The third-order valence-corrected chi connectivity index (χ3v) is 5.11. The van der Waals surface area contributed by atoms with Crippen LogP contribution in [0.1, 0.15) is 11.3 Å². The molecule has 0 aliphatic carbocycles. The molecule has 10 heteroatoms. The minimum absolute atomic E-state index is 0.0306. The second-order valence-electron chi connectivity index (χ2n) is 7.31. The van der Waals surface area contributed by atoms with E-state index in [4.69, 9.17) is 19.1 Å². The minimum Gasteiger partial charge on any atom is -0.595 e. The summed E-state index contributed by atoms with van der Waals surface area (Å²) in [6.07, 6.45) is -4.91. The molecule has 1 heterocycles. The van der Waals surface area contributed by atoms with E-state index in [2.05, 4.69) is 0 Å². The van der Waals surface area contributed by atoms with Crippen LogP contribution >= 0.6 is 0 Å². The molecule has 1 atom stereocenters. The summed E-state index contributed by atoms with van der Waals surface area (Å²) in [7, 11) is 1.42. The lowest BCUT2D eigenvalue weighted by molar-refractivity contribution is -0.991. The first-order chi connectivity index (χ1) is 16.2. The predicted molar refractivity (Wildman–Crippen MR) is 116 cm³/mol. The fraction of sp³-hybridized carbons (Fsp3) is 0.125. The molecule has 0 spiro atoms. The average molecular weight is 473 g/mol. The quantitative estimate of drug-likeness (QED) is 0.401. The van der Waals surface area contributed by atoms with Gasteiger partial charge in [0.1, 0.15) is 23.7 Å². The fourth-order valence-electron chi connectivity index (χ4n) is 3.39. The Kier molecular flexibility index (Phi) is 6.29. The van der Waals surface area contributed by atoms with E-state index in [0.717, 1.165) is 0 Å². The van der Waals surface area contributed by atoms with Gasteiger partial charge in [-0.15, -0.1) is 0 Å². The van der Waals surface area contributed by atoms with Crippen LogP contribution in [0.3, 0.4) is 0 Å². The summed E-state index contributed by atoms with van der Waals surface area (Å²) >= 11 is 0. The van der Waals surface area contributed by atoms with Gasteiger partial charge < -0.3 is 19.1 Å². The van der Waals surface area contributed by atoms with Crippen LogP contribution in [-0.4, -0.2) is 12.3 Å². The van der Waals surface area contributed by atoms with Crippen molar-refractivity contribution < 1.29 is 37.5 Å². The van der Waals surface area contributed by atoms with Gasteiger partial charge in [-0.25, -0.2) is 5.21 Å². The lowest BCUT2D eigenvalue weighted by Crippen LogP contribution is -2.99. The number of ether oxygens (including phenoxy) is 2. The normalized spacial score (nSPS) is 12.5. The maximum atomic E-state index is 13.8. The Labute approximate surface area is 190 Å². The number of methoxy groups -OCH3 is 1. The van der Waals surface area contributed by atoms with Gasteiger partial charge in [0.2, 0.25) is 11.2 Å². The second-order valence-corrected chi connectivity index (χ2v) is 7.31. The summed E-state index contributed by atoms with van der Waals surface area (Å²) in [4.78, 5) is 13.0. The van der Waals surface area contributed by atoms with Crippen molar-refractivity contribution in [3.8, 4) is 22.6 Å². The number of halogens is 3. The highest BCUT2D eigenvalue weighted by Crippen LogP contribution is 2.38. The summed E-state index contributed by atoms with van der Waals surface area (Å²) in [5.41, 5.74) is -0.868. The highest BCUT2D eigenvalue weighted by atomic mass is 19.4. The van der Waals surface area contributed by atoms with Crippen molar-refractivity contribution in [3.05, 3.63) is 93.5 Å². The molecular weight excluding hydrogens is 455 g/mol. The van der Waals surface area contributed by atoms with Crippen LogP contribution in [0.4, 0.5) is 18.9 Å². The molecule has 2 N–H and O–H groups in total. The maximum Gasteiger partial charge on any atom is 0.450 e. The molecule has 1 aromatic heterocycles. The van der Waals surface area contributed by atoms with Crippen LogP contribution < -0.4 is 20.1 Å². The van der Waals surface area contributed by atoms with Gasteiger partial charge in [0.15, 0.2) is 5.69 Å². The monoisotopic (exact) mass is 473 g/mol. The van der Waals surface area contributed by atoms with Crippen LogP contribution in [0, 0.1) is 5.21 Å². The number of quaternary nitrogens is 1. The van der Waals surface area contributed by atoms with E-state index in [1.165, 1.54) is 61.7 Å². The molecule has 0 aliphatic heterocycles. The van der Waals surface area contributed by atoms with Gasteiger partial charge in [-0.05, 0) is 47.5 Å². The van der Waals surface area contributed by atoms with Crippen LogP contribution in [0.5, 0.6) is 11.5 Å². The zero-order valence-electron chi connectivity index (χ0n) is 17.7. The average Bonchev–Trinajstić information content (AvgIpc) is 2.82. The Hall–Kier alpha value is -3.86. The summed E-state index contributed by atoms with van der Waals surface area (Å²) in [6, 6.07) is 15.6.